The van der Waals surface area contributed by atoms with Crippen LogP contribution >= 0.6 is 11.6 Å². The lowest BCUT2D eigenvalue weighted by Crippen LogP contribution is -2.48. The maximum atomic E-state index is 13.7. The van der Waals surface area contributed by atoms with Gasteiger partial charge in [0.05, 0.1) is 12.0 Å². The molecule has 1 aromatic heterocycles. The van der Waals surface area contributed by atoms with E-state index in [2.05, 4.69) is 39.5 Å². The van der Waals surface area contributed by atoms with Crippen LogP contribution in [0, 0.1) is 11.8 Å². The average Bonchev–Trinajstić information content (AvgIpc) is 3.15. The number of nitrogens with one attached hydrogen (secondary N) is 2. The second kappa shape index (κ2) is 12.5. The zero-order valence-corrected chi connectivity index (χ0v) is 21.4. The number of allylic oxidation sites excluding steroid dienone is 1. The zero-order valence-electron chi connectivity index (χ0n) is 20.6. The van der Waals surface area contributed by atoms with Crippen molar-refractivity contribution in [1.29, 1.82) is 0 Å². The van der Waals surface area contributed by atoms with Crippen molar-refractivity contribution in [3.63, 3.8) is 0 Å². The SMILES string of the molecule is C=CC1C[C@H](OC(=O)C2(c3ccccc3)CCCCCC2)C1CCNCC(=O)Nc1ccc(Cl)nn1. The highest BCUT2D eigenvalue weighted by Gasteiger charge is 2.47. The number of anilines is 1. The highest BCUT2D eigenvalue weighted by molar-refractivity contribution is 6.29. The lowest BCUT2D eigenvalue weighted by Gasteiger charge is -2.44. The van der Waals surface area contributed by atoms with Crippen LogP contribution in [-0.4, -0.2) is 41.3 Å². The molecule has 0 spiro atoms. The third-order valence-corrected chi connectivity index (χ3v) is 7.81. The summed E-state index contributed by atoms with van der Waals surface area (Å²) in [5.41, 5.74) is 0.522. The molecule has 4 rings (SSSR count). The number of ether oxygens (including phenoxy) is 1. The topological polar surface area (TPSA) is 93.2 Å². The van der Waals surface area contributed by atoms with Gasteiger partial charge in [-0.15, -0.1) is 16.8 Å². The second-order valence-corrected chi connectivity index (χ2v) is 10.2. The monoisotopic (exact) mass is 510 g/mol. The number of halogens is 1. The minimum atomic E-state index is -0.553. The number of aromatic nitrogens is 2. The molecule has 7 nitrogen and oxygen atoms in total. The standard InChI is InChI=1S/C28H35ClN4O3/c1-2-20-18-23(22(20)14-17-30-19-26(34)31-25-13-12-24(29)32-33-25)36-27(35)28(15-8-3-4-9-16-28)21-10-6-5-7-11-21/h2,5-7,10-13,20,22-23,30H,1,3-4,8-9,14-19H2,(H,31,33,34)/t20?,22?,23-/m0/s1. The van der Waals surface area contributed by atoms with Crippen LogP contribution in [0.1, 0.15) is 56.9 Å². The van der Waals surface area contributed by atoms with E-state index in [4.69, 9.17) is 16.3 Å². The fraction of sp³-hybridized carbons (Fsp3) is 0.500. The van der Waals surface area contributed by atoms with E-state index in [9.17, 15) is 9.59 Å². The molecule has 0 bridgehead atoms. The quantitative estimate of drug-likeness (QED) is 0.200. The Morgan fingerprint density at radius 3 is 2.50 bits per heavy atom. The Hall–Kier alpha value is -2.77. The summed E-state index contributed by atoms with van der Waals surface area (Å²) in [5.74, 6) is 0.577. The summed E-state index contributed by atoms with van der Waals surface area (Å²) in [6.45, 7) is 4.75. The third kappa shape index (κ3) is 6.31. The van der Waals surface area contributed by atoms with E-state index in [1.165, 1.54) is 0 Å². The van der Waals surface area contributed by atoms with Gasteiger partial charge in [0, 0.05) is 5.92 Å². The van der Waals surface area contributed by atoms with Crippen LogP contribution in [0.3, 0.4) is 0 Å². The van der Waals surface area contributed by atoms with Crippen LogP contribution in [-0.2, 0) is 19.7 Å². The molecule has 0 saturated heterocycles. The Kier molecular flexibility index (Phi) is 9.10. The van der Waals surface area contributed by atoms with Gasteiger partial charge >= 0.3 is 5.97 Å². The fourth-order valence-corrected chi connectivity index (χ4v) is 5.60. The van der Waals surface area contributed by atoms with Crippen molar-refractivity contribution in [2.24, 2.45) is 11.8 Å². The van der Waals surface area contributed by atoms with Crippen LogP contribution in [0.25, 0.3) is 0 Å². The highest BCUT2D eigenvalue weighted by Crippen LogP contribution is 2.44. The van der Waals surface area contributed by atoms with Gasteiger partial charge in [0.25, 0.3) is 0 Å². The molecule has 2 saturated carbocycles. The van der Waals surface area contributed by atoms with E-state index in [-0.39, 0.29) is 35.6 Å². The van der Waals surface area contributed by atoms with E-state index in [1.807, 2.05) is 24.3 Å². The molecule has 192 valence electrons. The molecule has 1 aromatic carbocycles. The van der Waals surface area contributed by atoms with Crippen molar-refractivity contribution >= 4 is 29.3 Å². The zero-order chi connectivity index (χ0) is 25.4. The largest absolute Gasteiger partial charge is 0.461 e. The summed E-state index contributed by atoms with van der Waals surface area (Å²) >= 11 is 5.72. The molecule has 2 N–H and O–H groups in total. The summed E-state index contributed by atoms with van der Waals surface area (Å²) < 4.78 is 6.23. The molecule has 8 heteroatoms. The lowest BCUT2D eigenvalue weighted by molar-refractivity contribution is -0.169. The number of rotatable bonds is 10. The van der Waals surface area contributed by atoms with Crippen molar-refractivity contribution in [1.82, 2.24) is 15.5 Å². The van der Waals surface area contributed by atoms with Crippen LogP contribution in [0.15, 0.2) is 55.1 Å². The first-order chi connectivity index (χ1) is 17.5. The molecular formula is C28H35ClN4O3. The smallest absolute Gasteiger partial charge is 0.316 e. The van der Waals surface area contributed by atoms with Gasteiger partial charge in [-0.3, -0.25) is 9.59 Å². The molecule has 0 radical (unpaired) electrons. The van der Waals surface area contributed by atoms with Gasteiger partial charge < -0.3 is 15.4 Å². The molecule has 2 aliphatic rings. The molecule has 36 heavy (non-hydrogen) atoms. The number of benzene rings is 1. The normalized spacial score (nSPS) is 23.1. The van der Waals surface area contributed by atoms with Gasteiger partial charge in [-0.05, 0) is 55.8 Å². The molecule has 2 unspecified atom stereocenters. The first-order valence-electron chi connectivity index (χ1n) is 12.9. The fourth-order valence-electron chi connectivity index (χ4n) is 5.49. The predicted molar refractivity (Wildman–Crippen MR) is 141 cm³/mol. The maximum Gasteiger partial charge on any atom is 0.316 e. The van der Waals surface area contributed by atoms with E-state index in [1.54, 1.807) is 12.1 Å². The first kappa shape index (κ1) is 26.3. The van der Waals surface area contributed by atoms with Crippen LogP contribution in [0.5, 0.6) is 0 Å². The van der Waals surface area contributed by atoms with Crippen LogP contribution in [0.4, 0.5) is 5.82 Å². The number of hydrogen-bond acceptors (Lipinski definition) is 6. The number of nitrogens with zero attached hydrogens (tertiary/aromatic N) is 2. The van der Waals surface area contributed by atoms with Crippen molar-refractivity contribution in [2.45, 2.75) is 62.9 Å². The summed E-state index contributed by atoms with van der Waals surface area (Å²) in [4.78, 5) is 25.9. The minimum Gasteiger partial charge on any atom is -0.461 e. The average molecular weight is 511 g/mol. The Bertz CT molecular complexity index is 1020. The predicted octanol–water partition coefficient (Wildman–Crippen LogP) is 5.07. The van der Waals surface area contributed by atoms with Crippen LogP contribution < -0.4 is 10.6 Å². The molecule has 1 amide bonds. The maximum absolute atomic E-state index is 13.7. The van der Waals surface area contributed by atoms with Gasteiger partial charge in [-0.25, -0.2) is 0 Å². The summed E-state index contributed by atoms with van der Waals surface area (Å²) in [5, 5.41) is 13.7. The molecule has 3 atom stereocenters. The number of carbonyl (C=O) groups is 2. The van der Waals surface area contributed by atoms with Gasteiger partial charge in [0.2, 0.25) is 5.91 Å². The number of hydrogen-bond donors (Lipinski definition) is 2. The van der Waals surface area contributed by atoms with E-state index < -0.39 is 5.41 Å². The van der Waals surface area contributed by atoms with Gasteiger partial charge in [-0.2, -0.15) is 0 Å². The molecule has 0 aliphatic heterocycles. The van der Waals surface area contributed by atoms with E-state index in [0.717, 1.165) is 56.9 Å². The number of esters is 1. The molecule has 1 heterocycles. The van der Waals surface area contributed by atoms with Crippen LogP contribution in [0.2, 0.25) is 5.15 Å². The van der Waals surface area contributed by atoms with Crippen molar-refractivity contribution in [3.8, 4) is 0 Å². The number of carbonyl (C=O) groups excluding carboxylic acids is 2. The Morgan fingerprint density at radius 1 is 1.08 bits per heavy atom. The number of amides is 1. The lowest BCUT2D eigenvalue weighted by atomic mass is 9.68. The molecule has 2 fully saturated rings. The van der Waals surface area contributed by atoms with Gasteiger partial charge in [-0.1, -0.05) is 73.7 Å². The van der Waals surface area contributed by atoms with E-state index in [0.29, 0.717) is 18.3 Å². The molecule has 2 aromatic rings. The van der Waals surface area contributed by atoms with Crippen molar-refractivity contribution in [3.05, 3.63) is 65.8 Å². The molecular weight excluding hydrogens is 476 g/mol. The Morgan fingerprint density at radius 2 is 1.83 bits per heavy atom. The summed E-state index contributed by atoms with van der Waals surface area (Å²) in [6, 6.07) is 13.3. The third-order valence-electron chi connectivity index (χ3n) is 7.61. The van der Waals surface area contributed by atoms with Crippen molar-refractivity contribution in [2.75, 3.05) is 18.4 Å². The summed E-state index contributed by atoms with van der Waals surface area (Å²) in [7, 11) is 0. The Balaban J connectivity index is 1.31. The van der Waals surface area contributed by atoms with Gasteiger partial charge in [0.1, 0.15) is 6.10 Å². The Labute approximate surface area is 218 Å². The molecule has 2 aliphatic carbocycles. The highest BCUT2D eigenvalue weighted by atomic mass is 35.5. The summed E-state index contributed by atoms with van der Waals surface area (Å²) in [6.07, 6.45) is 9.53. The second-order valence-electron chi connectivity index (χ2n) is 9.86. The first-order valence-corrected chi connectivity index (χ1v) is 13.3. The van der Waals surface area contributed by atoms with Gasteiger partial charge in [0.15, 0.2) is 11.0 Å². The van der Waals surface area contributed by atoms with E-state index >= 15 is 0 Å². The van der Waals surface area contributed by atoms with Crippen molar-refractivity contribution < 1.29 is 14.3 Å². The minimum absolute atomic E-state index is 0.0791.